The number of nitrogens with zero attached hydrogens (tertiary/aromatic N) is 1. The molecule has 1 aromatic carbocycles. The molecule has 3 heteroatoms. The summed E-state index contributed by atoms with van der Waals surface area (Å²) in [5, 5.41) is 10.1. The van der Waals surface area contributed by atoms with Crippen molar-refractivity contribution in [1.82, 2.24) is 4.98 Å². The molecule has 1 atom stereocenters. The first-order valence-corrected chi connectivity index (χ1v) is 6.31. The lowest BCUT2D eigenvalue weighted by atomic mass is 10.1. The highest BCUT2D eigenvalue weighted by Gasteiger charge is 2.11. The van der Waals surface area contributed by atoms with Gasteiger partial charge in [-0.3, -0.25) is 4.98 Å². The maximum absolute atomic E-state index is 10.1. The molecule has 1 aromatic heterocycles. The second-order valence-electron chi connectivity index (χ2n) is 4.02. The van der Waals surface area contributed by atoms with Gasteiger partial charge in [0.2, 0.25) is 0 Å². The van der Waals surface area contributed by atoms with E-state index in [1.165, 1.54) is 0 Å². The minimum absolute atomic E-state index is 0.561. The second-order valence-corrected chi connectivity index (χ2v) is 4.87. The Labute approximate surface area is 109 Å². The van der Waals surface area contributed by atoms with Gasteiger partial charge in [0, 0.05) is 16.6 Å². The summed E-state index contributed by atoms with van der Waals surface area (Å²) < 4.78 is 1.02. The molecule has 1 heterocycles. The van der Waals surface area contributed by atoms with Gasteiger partial charge in [0.15, 0.2) is 0 Å². The highest BCUT2D eigenvalue weighted by atomic mass is 79.9. The molecule has 88 valence electrons. The van der Waals surface area contributed by atoms with Crippen LogP contribution in [0.1, 0.15) is 23.1 Å². The number of pyridine rings is 1. The third-order valence-corrected chi connectivity index (χ3v) is 3.40. The van der Waals surface area contributed by atoms with Crippen LogP contribution >= 0.6 is 15.9 Å². The molecule has 0 saturated heterocycles. The highest BCUT2D eigenvalue weighted by Crippen LogP contribution is 2.22. The van der Waals surface area contributed by atoms with Crippen LogP contribution in [0.2, 0.25) is 0 Å². The molecule has 0 bridgehead atoms. The van der Waals surface area contributed by atoms with Crippen LogP contribution in [0.3, 0.4) is 0 Å². The van der Waals surface area contributed by atoms with Gasteiger partial charge in [-0.1, -0.05) is 40.2 Å². The number of rotatable bonds is 3. The quantitative estimate of drug-likeness (QED) is 0.940. The fourth-order valence-electron chi connectivity index (χ4n) is 1.73. The van der Waals surface area contributed by atoms with Gasteiger partial charge in [-0.2, -0.15) is 0 Å². The van der Waals surface area contributed by atoms with Crippen LogP contribution in [-0.2, 0) is 6.42 Å². The van der Waals surface area contributed by atoms with E-state index in [9.17, 15) is 5.11 Å². The van der Waals surface area contributed by atoms with Crippen LogP contribution in [-0.4, -0.2) is 10.1 Å². The van der Waals surface area contributed by atoms with Crippen molar-refractivity contribution in [1.29, 1.82) is 0 Å². The molecule has 1 unspecified atom stereocenters. The van der Waals surface area contributed by atoms with Crippen LogP contribution in [0.15, 0.2) is 46.9 Å². The van der Waals surface area contributed by atoms with Crippen LogP contribution in [0.5, 0.6) is 0 Å². The molecule has 2 nitrogen and oxygen atoms in total. The number of aliphatic hydroxyl groups excluding tert-OH is 1. The van der Waals surface area contributed by atoms with Crippen molar-refractivity contribution in [3.8, 4) is 0 Å². The van der Waals surface area contributed by atoms with E-state index in [4.69, 9.17) is 0 Å². The van der Waals surface area contributed by atoms with Gasteiger partial charge >= 0.3 is 0 Å². The van der Waals surface area contributed by atoms with E-state index in [1.807, 2.05) is 49.4 Å². The number of aliphatic hydroxyl groups is 1. The third kappa shape index (κ3) is 3.14. The summed E-state index contributed by atoms with van der Waals surface area (Å²) in [6.07, 6.45) is 0.00586. The Bertz CT molecular complexity index is 513. The van der Waals surface area contributed by atoms with Gasteiger partial charge < -0.3 is 5.11 Å². The molecule has 0 amide bonds. The average Bonchev–Trinajstić information content (AvgIpc) is 2.32. The van der Waals surface area contributed by atoms with Crippen molar-refractivity contribution in [2.45, 2.75) is 19.4 Å². The largest absolute Gasteiger partial charge is 0.386 e. The predicted octanol–water partition coefficient (Wildman–Crippen LogP) is 3.43. The van der Waals surface area contributed by atoms with Crippen LogP contribution in [0.4, 0.5) is 0 Å². The number of halogens is 1. The lowest BCUT2D eigenvalue weighted by molar-refractivity contribution is 0.173. The van der Waals surface area contributed by atoms with Gasteiger partial charge in [0.25, 0.3) is 0 Å². The standard InChI is InChI=1S/C14H14BrNO/c1-10-5-4-8-13(16-10)14(17)9-11-6-2-3-7-12(11)15/h2-8,14,17H,9H2,1H3. The molecule has 2 rings (SSSR count). The summed E-state index contributed by atoms with van der Waals surface area (Å²) in [6, 6.07) is 13.6. The Hall–Kier alpha value is -1.19. The summed E-state index contributed by atoms with van der Waals surface area (Å²) in [5.74, 6) is 0. The lowest BCUT2D eigenvalue weighted by Crippen LogP contribution is -2.05. The van der Waals surface area contributed by atoms with Crippen molar-refractivity contribution in [3.63, 3.8) is 0 Å². The minimum atomic E-state index is -0.561. The molecular formula is C14H14BrNO. The van der Waals surface area contributed by atoms with E-state index in [2.05, 4.69) is 20.9 Å². The normalized spacial score (nSPS) is 12.4. The zero-order valence-electron chi connectivity index (χ0n) is 9.60. The van der Waals surface area contributed by atoms with Crippen LogP contribution in [0.25, 0.3) is 0 Å². The molecule has 0 saturated carbocycles. The first-order chi connectivity index (χ1) is 8.16. The summed E-state index contributed by atoms with van der Waals surface area (Å²) in [5.41, 5.74) is 2.73. The van der Waals surface area contributed by atoms with E-state index in [0.29, 0.717) is 6.42 Å². The molecule has 1 N–H and O–H groups in total. The molecule has 0 aliphatic carbocycles. The second kappa shape index (κ2) is 5.43. The molecule has 17 heavy (non-hydrogen) atoms. The fraction of sp³-hybridized carbons (Fsp3) is 0.214. The highest BCUT2D eigenvalue weighted by molar-refractivity contribution is 9.10. The molecule has 0 fully saturated rings. The van der Waals surface area contributed by atoms with E-state index < -0.39 is 6.10 Å². The zero-order valence-corrected chi connectivity index (χ0v) is 11.2. The number of aryl methyl sites for hydroxylation is 1. The van der Waals surface area contributed by atoms with Gasteiger partial charge in [-0.05, 0) is 30.7 Å². The molecule has 0 radical (unpaired) electrons. The summed E-state index contributed by atoms with van der Waals surface area (Å²) in [7, 11) is 0. The average molecular weight is 292 g/mol. The summed E-state index contributed by atoms with van der Waals surface area (Å²) in [4.78, 5) is 4.33. The molecule has 2 aromatic rings. The summed E-state index contributed by atoms with van der Waals surface area (Å²) in [6.45, 7) is 1.93. The van der Waals surface area contributed by atoms with Gasteiger partial charge in [-0.15, -0.1) is 0 Å². The predicted molar refractivity (Wildman–Crippen MR) is 71.8 cm³/mol. The van der Waals surface area contributed by atoms with Gasteiger partial charge in [-0.25, -0.2) is 0 Å². The van der Waals surface area contributed by atoms with Crippen molar-refractivity contribution in [2.24, 2.45) is 0 Å². The smallest absolute Gasteiger partial charge is 0.1000 e. The van der Waals surface area contributed by atoms with Crippen LogP contribution < -0.4 is 0 Å². The summed E-state index contributed by atoms with van der Waals surface area (Å²) >= 11 is 3.48. The van der Waals surface area contributed by atoms with Crippen molar-refractivity contribution < 1.29 is 5.11 Å². The van der Waals surface area contributed by atoms with E-state index in [-0.39, 0.29) is 0 Å². The maximum atomic E-state index is 10.1. The first kappa shape index (κ1) is 12.3. The van der Waals surface area contributed by atoms with Crippen molar-refractivity contribution in [3.05, 3.63) is 63.9 Å². The van der Waals surface area contributed by atoms with Gasteiger partial charge in [0.1, 0.15) is 0 Å². The monoisotopic (exact) mass is 291 g/mol. The number of hydrogen-bond donors (Lipinski definition) is 1. The maximum Gasteiger partial charge on any atom is 0.1000 e. The lowest BCUT2D eigenvalue weighted by Gasteiger charge is -2.11. The van der Waals surface area contributed by atoms with E-state index in [1.54, 1.807) is 0 Å². The fourth-order valence-corrected chi connectivity index (χ4v) is 2.17. The zero-order chi connectivity index (χ0) is 12.3. The number of aromatic nitrogens is 1. The minimum Gasteiger partial charge on any atom is -0.386 e. The Morgan fingerprint density at radius 2 is 1.94 bits per heavy atom. The first-order valence-electron chi connectivity index (χ1n) is 5.52. The van der Waals surface area contributed by atoms with Gasteiger partial charge in [0.05, 0.1) is 11.8 Å². The Kier molecular flexibility index (Phi) is 3.92. The number of benzene rings is 1. The molecule has 0 aliphatic heterocycles. The third-order valence-electron chi connectivity index (χ3n) is 2.62. The van der Waals surface area contributed by atoms with E-state index in [0.717, 1.165) is 21.4 Å². The number of hydrogen-bond acceptors (Lipinski definition) is 2. The molecule has 0 aliphatic rings. The molecule has 0 spiro atoms. The molecular weight excluding hydrogens is 278 g/mol. The Morgan fingerprint density at radius 1 is 1.18 bits per heavy atom. The SMILES string of the molecule is Cc1cccc(C(O)Cc2ccccc2Br)n1. The van der Waals surface area contributed by atoms with Crippen molar-refractivity contribution >= 4 is 15.9 Å². The van der Waals surface area contributed by atoms with E-state index >= 15 is 0 Å². The Morgan fingerprint density at radius 3 is 2.65 bits per heavy atom. The van der Waals surface area contributed by atoms with Crippen molar-refractivity contribution in [2.75, 3.05) is 0 Å². The Balaban J connectivity index is 2.17. The van der Waals surface area contributed by atoms with Crippen LogP contribution in [0, 0.1) is 6.92 Å². The topological polar surface area (TPSA) is 33.1 Å².